The third kappa shape index (κ3) is 7.93. The molecule has 0 spiro atoms. The molecular formula is C8H17F. The van der Waals surface area contributed by atoms with Crippen LogP contribution in [0.3, 0.4) is 0 Å². The second-order valence-corrected chi connectivity index (χ2v) is 2.93. The standard InChI is InChI=1S/C8H17F/c1-8(2)6-4-3-5-7-9/h8H,3-7H2,1-2H3/i9-1. The van der Waals surface area contributed by atoms with Gasteiger partial charge in [-0.2, -0.15) is 0 Å². The summed E-state index contributed by atoms with van der Waals surface area (Å²) >= 11 is 0. The fraction of sp³-hybridized carbons (Fsp3) is 1.00. The maximum atomic E-state index is 11.5. The number of alkyl halides is 1. The molecule has 0 aromatic carbocycles. The van der Waals surface area contributed by atoms with E-state index in [1.54, 1.807) is 0 Å². The van der Waals surface area contributed by atoms with Crippen molar-refractivity contribution in [1.29, 1.82) is 0 Å². The lowest BCUT2D eigenvalue weighted by Gasteiger charge is -2.01. The van der Waals surface area contributed by atoms with Crippen LogP contribution < -0.4 is 0 Å². The van der Waals surface area contributed by atoms with Gasteiger partial charge in [-0.15, -0.1) is 0 Å². The summed E-state index contributed by atoms with van der Waals surface area (Å²) in [4.78, 5) is 0. The highest BCUT2D eigenvalue weighted by molar-refractivity contribution is 4.46. The molecule has 0 atom stereocenters. The highest BCUT2D eigenvalue weighted by atomic mass is 18.2. The maximum absolute atomic E-state index is 11.5. The van der Waals surface area contributed by atoms with E-state index < -0.39 is 0 Å². The van der Waals surface area contributed by atoms with Gasteiger partial charge >= 0.3 is 0 Å². The van der Waals surface area contributed by atoms with E-state index in [0.29, 0.717) is 0 Å². The highest BCUT2D eigenvalue weighted by Crippen LogP contribution is 2.07. The molecule has 0 N–H and O–H groups in total. The lowest BCUT2D eigenvalue weighted by molar-refractivity contribution is 0.440. The number of rotatable bonds is 5. The van der Waals surface area contributed by atoms with Gasteiger partial charge in [0.05, 0.1) is 6.67 Å². The van der Waals surface area contributed by atoms with Crippen LogP contribution in [0, 0.1) is 5.92 Å². The zero-order chi connectivity index (χ0) is 7.11. The molecule has 9 heavy (non-hydrogen) atoms. The minimum atomic E-state index is -0.141. The van der Waals surface area contributed by atoms with Crippen molar-refractivity contribution in [3.63, 3.8) is 0 Å². The van der Waals surface area contributed by atoms with Crippen molar-refractivity contribution in [3.8, 4) is 0 Å². The summed E-state index contributed by atoms with van der Waals surface area (Å²) in [6.07, 6.45) is 4.27. The van der Waals surface area contributed by atoms with E-state index in [9.17, 15) is 4.39 Å². The van der Waals surface area contributed by atoms with E-state index >= 15 is 0 Å². The maximum Gasteiger partial charge on any atom is 0.0894 e. The summed E-state index contributed by atoms with van der Waals surface area (Å²) in [5.74, 6) is 0.782. The Labute approximate surface area is 57.5 Å². The van der Waals surface area contributed by atoms with E-state index in [-0.39, 0.29) is 6.67 Å². The first-order valence-corrected chi connectivity index (χ1v) is 3.83. The van der Waals surface area contributed by atoms with Crippen LogP contribution in [0.5, 0.6) is 0 Å². The summed E-state index contributed by atoms with van der Waals surface area (Å²) in [6.45, 7) is 4.27. The van der Waals surface area contributed by atoms with Crippen LogP contribution in [-0.2, 0) is 0 Å². The zero-order valence-corrected chi connectivity index (χ0v) is 6.49. The van der Waals surface area contributed by atoms with E-state index in [2.05, 4.69) is 13.8 Å². The molecule has 0 bridgehead atoms. The Morgan fingerprint density at radius 2 is 1.78 bits per heavy atom. The summed E-state index contributed by atoms with van der Waals surface area (Å²) in [5.41, 5.74) is 0. The molecule has 0 aliphatic heterocycles. The summed E-state index contributed by atoms with van der Waals surface area (Å²) in [6, 6.07) is 0. The molecule has 0 radical (unpaired) electrons. The van der Waals surface area contributed by atoms with E-state index in [0.717, 1.165) is 18.8 Å². The molecule has 0 fully saturated rings. The molecule has 0 rings (SSSR count). The van der Waals surface area contributed by atoms with E-state index in [1.807, 2.05) is 0 Å². The van der Waals surface area contributed by atoms with Gasteiger partial charge in [-0.3, -0.25) is 4.39 Å². The van der Waals surface area contributed by atoms with Gasteiger partial charge in [-0.1, -0.05) is 33.1 Å². The molecule has 0 aliphatic carbocycles. The Hall–Kier alpha value is -0.0700. The molecule has 56 valence electrons. The molecule has 0 saturated heterocycles. The number of unbranched alkanes of at least 4 members (excludes halogenated alkanes) is 2. The topological polar surface area (TPSA) is 0 Å². The molecular weight excluding hydrogens is 114 g/mol. The Kier molecular flexibility index (Phi) is 6.01. The summed E-state index contributed by atoms with van der Waals surface area (Å²) < 4.78 is 11.5. The van der Waals surface area contributed by atoms with Gasteiger partial charge in [0, 0.05) is 0 Å². The lowest BCUT2D eigenvalue weighted by Crippen LogP contribution is -1.87. The van der Waals surface area contributed by atoms with Crippen LogP contribution in [0.25, 0.3) is 0 Å². The van der Waals surface area contributed by atoms with Crippen molar-refractivity contribution < 1.29 is 4.39 Å². The van der Waals surface area contributed by atoms with Crippen molar-refractivity contribution in [2.75, 3.05) is 6.67 Å². The second kappa shape index (κ2) is 6.06. The molecule has 0 unspecified atom stereocenters. The molecule has 0 aliphatic rings. The van der Waals surface area contributed by atoms with E-state index in [1.165, 1.54) is 12.8 Å². The van der Waals surface area contributed by atoms with Gasteiger partial charge in [0.25, 0.3) is 0 Å². The van der Waals surface area contributed by atoms with Crippen molar-refractivity contribution in [3.05, 3.63) is 0 Å². The van der Waals surface area contributed by atoms with E-state index in [4.69, 9.17) is 0 Å². The Bertz CT molecular complexity index is 50.5. The van der Waals surface area contributed by atoms with Crippen LogP contribution in [0.1, 0.15) is 39.5 Å². The van der Waals surface area contributed by atoms with Gasteiger partial charge in [0.15, 0.2) is 0 Å². The average Bonchev–Trinajstić information content (AvgIpc) is 1.80. The molecule has 0 aromatic heterocycles. The first-order chi connectivity index (χ1) is 4.27. The number of hydrogen-bond donors (Lipinski definition) is 0. The number of halogens is 1. The summed E-state index contributed by atoms with van der Waals surface area (Å²) in [5, 5.41) is 0. The smallest absolute Gasteiger partial charge is 0.0894 e. The first kappa shape index (κ1) is 8.93. The van der Waals surface area contributed by atoms with Crippen LogP contribution in [0.4, 0.5) is 4.39 Å². The van der Waals surface area contributed by atoms with Crippen molar-refractivity contribution in [2.24, 2.45) is 5.92 Å². The minimum absolute atomic E-state index is 0.141. The quantitative estimate of drug-likeness (QED) is 0.503. The van der Waals surface area contributed by atoms with Crippen molar-refractivity contribution >= 4 is 0 Å². The van der Waals surface area contributed by atoms with Gasteiger partial charge in [0.2, 0.25) is 0 Å². The monoisotopic (exact) mass is 131 g/mol. The molecule has 0 aromatic rings. The van der Waals surface area contributed by atoms with Gasteiger partial charge in [-0.25, -0.2) is 0 Å². The second-order valence-electron chi connectivity index (χ2n) is 2.93. The van der Waals surface area contributed by atoms with Crippen LogP contribution in [0.15, 0.2) is 0 Å². The average molecular weight is 131 g/mol. The van der Waals surface area contributed by atoms with Gasteiger partial charge < -0.3 is 0 Å². The Morgan fingerprint density at radius 1 is 1.11 bits per heavy atom. The summed E-state index contributed by atoms with van der Waals surface area (Å²) in [7, 11) is 0. The molecule has 1 heteroatoms. The zero-order valence-electron chi connectivity index (χ0n) is 6.49. The fourth-order valence-corrected chi connectivity index (χ4v) is 0.824. The Morgan fingerprint density at radius 3 is 2.22 bits per heavy atom. The number of hydrogen-bond acceptors (Lipinski definition) is 0. The third-order valence-electron chi connectivity index (χ3n) is 1.42. The molecule has 0 saturated carbocycles. The van der Waals surface area contributed by atoms with Gasteiger partial charge in [0.1, 0.15) is 0 Å². The fourth-order valence-electron chi connectivity index (χ4n) is 0.824. The predicted molar refractivity (Wildman–Crippen MR) is 39.3 cm³/mol. The third-order valence-corrected chi connectivity index (χ3v) is 1.42. The van der Waals surface area contributed by atoms with Crippen LogP contribution >= 0.6 is 0 Å². The molecule has 0 amide bonds. The first-order valence-electron chi connectivity index (χ1n) is 3.83. The van der Waals surface area contributed by atoms with Crippen LogP contribution in [0.2, 0.25) is 0 Å². The normalized spacial score (nSPS) is 10.7. The van der Waals surface area contributed by atoms with Crippen molar-refractivity contribution in [2.45, 2.75) is 39.5 Å². The van der Waals surface area contributed by atoms with Crippen molar-refractivity contribution in [1.82, 2.24) is 0 Å². The Balaban J connectivity index is 2.75. The molecule has 0 nitrogen and oxygen atoms in total. The lowest BCUT2D eigenvalue weighted by atomic mass is 10.1. The van der Waals surface area contributed by atoms with Gasteiger partial charge in [-0.05, 0) is 12.3 Å². The largest absolute Gasteiger partial charge is 0.251 e. The highest BCUT2D eigenvalue weighted by Gasteiger charge is 1.92. The molecule has 0 heterocycles. The van der Waals surface area contributed by atoms with Crippen LogP contribution in [-0.4, -0.2) is 6.67 Å². The predicted octanol–water partition coefficient (Wildman–Crippen LogP) is 3.17. The SMILES string of the molecule is CC(C)CCCCC[18F]. The minimum Gasteiger partial charge on any atom is -0.251 e.